The van der Waals surface area contributed by atoms with E-state index in [4.69, 9.17) is 4.74 Å². The van der Waals surface area contributed by atoms with Crippen molar-refractivity contribution in [2.45, 2.75) is 13.3 Å². The van der Waals surface area contributed by atoms with Gasteiger partial charge in [-0.2, -0.15) is 0 Å². The number of aromatic nitrogens is 1. The highest BCUT2D eigenvalue weighted by molar-refractivity contribution is 5.76. The van der Waals surface area contributed by atoms with Crippen LogP contribution in [0, 0.1) is 0 Å². The van der Waals surface area contributed by atoms with Gasteiger partial charge in [0.05, 0.1) is 18.5 Å². The minimum atomic E-state index is 0.108. The van der Waals surface area contributed by atoms with Gasteiger partial charge in [0.2, 0.25) is 11.8 Å². The van der Waals surface area contributed by atoms with Gasteiger partial charge in [0, 0.05) is 33.1 Å². The van der Waals surface area contributed by atoms with Crippen molar-refractivity contribution in [3.8, 4) is 5.88 Å². The molecule has 0 spiro atoms. The van der Waals surface area contributed by atoms with Crippen molar-refractivity contribution in [1.82, 2.24) is 9.88 Å². The van der Waals surface area contributed by atoms with E-state index >= 15 is 0 Å². The monoisotopic (exact) mass is 237 g/mol. The average molecular weight is 237 g/mol. The third kappa shape index (κ3) is 4.72. The molecule has 1 aromatic rings. The minimum Gasteiger partial charge on any atom is -0.478 e. The lowest BCUT2D eigenvalue weighted by Crippen LogP contribution is -2.23. The van der Waals surface area contributed by atoms with Crippen molar-refractivity contribution in [2.75, 3.05) is 32.6 Å². The molecule has 0 radical (unpaired) electrons. The number of pyridine rings is 1. The van der Waals surface area contributed by atoms with Gasteiger partial charge in [-0.05, 0) is 13.0 Å². The van der Waals surface area contributed by atoms with Crippen LogP contribution in [0.4, 0.5) is 5.69 Å². The van der Waals surface area contributed by atoms with Crippen LogP contribution in [-0.4, -0.2) is 43.0 Å². The lowest BCUT2D eigenvalue weighted by atomic mass is 10.3. The maximum Gasteiger partial charge on any atom is 0.223 e. The van der Waals surface area contributed by atoms with Gasteiger partial charge in [0.25, 0.3) is 0 Å². The first-order valence-corrected chi connectivity index (χ1v) is 5.66. The molecular formula is C12H19N3O2. The third-order valence-electron chi connectivity index (χ3n) is 2.20. The van der Waals surface area contributed by atoms with Gasteiger partial charge >= 0.3 is 0 Å². The lowest BCUT2D eigenvalue weighted by Gasteiger charge is -2.11. The molecule has 1 amide bonds. The maximum absolute atomic E-state index is 11.3. The summed E-state index contributed by atoms with van der Waals surface area (Å²) in [5.74, 6) is 0.721. The van der Waals surface area contributed by atoms with Gasteiger partial charge in [-0.3, -0.25) is 4.79 Å². The van der Waals surface area contributed by atoms with Gasteiger partial charge in [-0.25, -0.2) is 4.98 Å². The van der Waals surface area contributed by atoms with E-state index in [1.807, 2.05) is 13.0 Å². The van der Waals surface area contributed by atoms with E-state index < -0.39 is 0 Å². The fraction of sp³-hybridized carbons (Fsp3) is 0.500. The molecular weight excluding hydrogens is 218 g/mol. The Balaban J connectivity index is 2.34. The second-order valence-corrected chi connectivity index (χ2v) is 3.78. The van der Waals surface area contributed by atoms with E-state index in [1.54, 1.807) is 31.3 Å². The maximum atomic E-state index is 11.3. The van der Waals surface area contributed by atoms with Crippen molar-refractivity contribution >= 4 is 11.6 Å². The predicted molar refractivity (Wildman–Crippen MR) is 67.2 cm³/mol. The minimum absolute atomic E-state index is 0.108. The zero-order chi connectivity index (χ0) is 12.7. The van der Waals surface area contributed by atoms with Gasteiger partial charge < -0.3 is 15.0 Å². The smallest absolute Gasteiger partial charge is 0.223 e. The van der Waals surface area contributed by atoms with Crippen LogP contribution in [0.5, 0.6) is 5.88 Å². The van der Waals surface area contributed by atoms with Gasteiger partial charge in [0.15, 0.2) is 0 Å². The molecule has 1 aromatic heterocycles. The number of carbonyl (C=O) groups is 1. The standard InChI is InChI=1S/C12H19N3O2/c1-4-17-11-6-5-10(9-14-11)13-8-7-12(16)15(2)3/h5-6,9,13H,4,7-8H2,1-3H3. The number of hydrogen-bond donors (Lipinski definition) is 1. The Morgan fingerprint density at radius 2 is 2.24 bits per heavy atom. The Labute approximate surface area is 102 Å². The summed E-state index contributed by atoms with van der Waals surface area (Å²) < 4.78 is 5.24. The fourth-order valence-electron chi connectivity index (χ4n) is 1.26. The van der Waals surface area contributed by atoms with Crippen molar-refractivity contribution < 1.29 is 9.53 Å². The summed E-state index contributed by atoms with van der Waals surface area (Å²) in [4.78, 5) is 17.0. The van der Waals surface area contributed by atoms with E-state index in [0.29, 0.717) is 25.5 Å². The van der Waals surface area contributed by atoms with E-state index in [1.165, 1.54) is 0 Å². The summed E-state index contributed by atoms with van der Waals surface area (Å²) in [6, 6.07) is 3.69. The summed E-state index contributed by atoms with van der Waals surface area (Å²) in [5.41, 5.74) is 0.889. The van der Waals surface area contributed by atoms with Crippen molar-refractivity contribution in [2.24, 2.45) is 0 Å². The molecule has 5 heteroatoms. The van der Waals surface area contributed by atoms with Gasteiger partial charge in [-0.15, -0.1) is 0 Å². The average Bonchev–Trinajstić information content (AvgIpc) is 2.31. The van der Waals surface area contributed by atoms with Crippen LogP contribution in [0.25, 0.3) is 0 Å². The highest BCUT2D eigenvalue weighted by Crippen LogP contribution is 2.11. The first-order chi connectivity index (χ1) is 8.13. The Morgan fingerprint density at radius 3 is 2.76 bits per heavy atom. The SMILES string of the molecule is CCOc1ccc(NCCC(=O)N(C)C)cn1. The van der Waals surface area contributed by atoms with Gasteiger partial charge in [0.1, 0.15) is 0 Å². The third-order valence-corrected chi connectivity index (χ3v) is 2.20. The second kappa shape index (κ2) is 6.73. The zero-order valence-electron chi connectivity index (χ0n) is 10.6. The summed E-state index contributed by atoms with van der Waals surface area (Å²) in [6.07, 6.45) is 2.17. The number of nitrogens with zero attached hydrogens (tertiary/aromatic N) is 2. The Bertz CT molecular complexity index is 349. The molecule has 1 heterocycles. The van der Waals surface area contributed by atoms with Crippen LogP contribution in [-0.2, 0) is 4.79 Å². The lowest BCUT2D eigenvalue weighted by molar-refractivity contribution is -0.128. The molecule has 0 unspecified atom stereocenters. The van der Waals surface area contributed by atoms with Crippen LogP contribution in [0.1, 0.15) is 13.3 Å². The largest absolute Gasteiger partial charge is 0.478 e. The number of rotatable bonds is 6. The number of ether oxygens (including phenoxy) is 1. The first kappa shape index (κ1) is 13.3. The highest BCUT2D eigenvalue weighted by Gasteiger charge is 2.03. The van der Waals surface area contributed by atoms with Crippen LogP contribution in [0.2, 0.25) is 0 Å². The fourth-order valence-corrected chi connectivity index (χ4v) is 1.26. The molecule has 0 fully saturated rings. The Kier molecular flexibility index (Phi) is 5.26. The number of amides is 1. The van der Waals surface area contributed by atoms with Crippen molar-refractivity contribution in [3.63, 3.8) is 0 Å². The molecule has 0 bridgehead atoms. The molecule has 17 heavy (non-hydrogen) atoms. The van der Waals surface area contributed by atoms with Crippen LogP contribution >= 0.6 is 0 Å². The van der Waals surface area contributed by atoms with E-state index in [0.717, 1.165) is 5.69 Å². The van der Waals surface area contributed by atoms with E-state index in [-0.39, 0.29) is 5.91 Å². The predicted octanol–water partition coefficient (Wildman–Crippen LogP) is 1.37. The van der Waals surface area contributed by atoms with Crippen LogP contribution < -0.4 is 10.1 Å². The molecule has 0 saturated carbocycles. The second-order valence-electron chi connectivity index (χ2n) is 3.78. The molecule has 0 atom stereocenters. The van der Waals surface area contributed by atoms with Crippen LogP contribution in [0.15, 0.2) is 18.3 Å². The summed E-state index contributed by atoms with van der Waals surface area (Å²) >= 11 is 0. The first-order valence-electron chi connectivity index (χ1n) is 5.66. The molecule has 0 aromatic carbocycles. The number of hydrogen-bond acceptors (Lipinski definition) is 4. The molecule has 0 aliphatic carbocycles. The summed E-state index contributed by atoms with van der Waals surface area (Å²) in [7, 11) is 3.50. The molecule has 94 valence electrons. The molecule has 0 aliphatic rings. The van der Waals surface area contributed by atoms with Gasteiger partial charge in [-0.1, -0.05) is 0 Å². The quantitative estimate of drug-likeness (QED) is 0.812. The summed E-state index contributed by atoms with van der Waals surface area (Å²) in [5, 5.41) is 3.13. The zero-order valence-corrected chi connectivity index (χ0v) is 10.6. The van der Waals surface area contributed by atoms with Crippen LogP contribution in [0.3, 0.4) is 0 Å². The highest BCUT2D eigenvalue weighted by atomic mass is 16.5. The van der Waals surface area contributed by atoms with E-state index in [9.17, 15) is 4.79 Å². The van der Waals surface area contributed by atoms with Crippen molar-refractivity contribution in [3.05, 3.63) is 18.3 Å². The Morgan fingerprint density at radius 1 is 1.47 bits per heavy atom. The number of anilines is 1. The molecule has 5 nitrogen and oxygen atoms in total. The normalized spacial score (nSPS) is 9.82. The van der Waals surface area contributed by atoms with Crippen molar-refractivity contribution in [1.29, 1.82) is 0 Å². The molecule has 0 aliphatic heterocycles. The summed E-state index contributed by atoms with van der Waals surface area (Å²) in [6.45, 7) is 3.13. The van der Waals surface area contributed by atoms with E-state index in [2.05, 4.69) is 10.3 Å². The topological polar surface area (TPSA) is 54.5 Å². The molecule has 0 saturated heterocycles. The molecule has 1 N–H and O–H groups in total. The number of carbonyl (C=O) groups excluding carboxylic acids is 1. The Hall–Kier alpha value is -1.78. The number of nitrogens with one attached hydrogen (secondary N) is 1. The molecule has 1 rings (SSSR count).